The van der Waals surface area contributed by atoms with Gasteiger partial charge in [0.1, 0.15) is 12.7 Å². The third-order valence-electron chi connectivity index (χ3n) is 5.96. The van der Waals surface area contributed by atoms with Gasteiger partial charge in [0.2, 0.25) is 0 Å². The molecule has 4 atom stereocenters. The van der Waals surface area contributed by atoms with Crippen LogP contribution in [0.2, 0.25) is 0 Å². The number of aliphatic hydroxyl groups is 1. The topological polar surface area (TPSA) is 112 Å². The molecule has 1 rings (SSSR count). The lowest BCUT2D eigenvalue weighted by atomic mass is 10.1. The molecular weight excluding hydrogens is 454 g/mol. The van der Waals surface area contributed by atoms with Crippen molar-refractivity contribution in [3.63, 3.8) is 0 Å². The monoisotopic (exact) mass is 501 g/mol. The summed E-state index contributed by atoms with van der Waals surface area (Å²) in [5.74, 6) is -1.35. The van der Waals surface area contributed by atoms with Gasteiger partial charge in [0.05, 0.1) is 6.42 Å². The Morgan fingerprint density at radius 2 is 1.26 bits per heavy atom. The maximum absolute atomic E-state index is 12.5. The molecule has 0 saturated carbocycles. The van der Waals surface area contributed by atoms with E-state index >= 15 is 0 Å². The molecule has 0 aromatic rings. The summed E-state index contributed by atoms with van der Waals surface area (Å²) in [6, 6.07) is 0. The number of hydrogen-bond donors (Lipinski definition) is 1. The highest BCUT2D eigenvalue weighted by molar-refractivity contribution is 5.71. The van der Waals surface area contributed by atoms with Crippen molar-refractivity contribution >= 4 is 17.9 Å². The number of unbranched alkanes of at least 4 members (excludes halogenated alkanes) is 8. The number of aliphatic hydroxyl groups excluding tert-OH is 1. The third-order valence-corrected chi connectivity index (χ3v) is 5.96. The second kappa shape index (κ2) is 18.5. The Bertz CT molecular complexity index is 612. The van der Waals surface area contributed by atoms with E-state index in [0.717, 1.165) is 51.4 Å². The van der Waals surface area contributed by atoms with Crippen LogP contribution < -0.4 is 0 Å². The van der Waals surface area contributed by atoms with E-state index < -0.39 is 42.5 Å². The molecule has 9 heteroatoms. The molecule has 0 aliphatic carbocycles. The average Bonchev–Trinajstić information content (AvgIpc) is 3.09. The lowest BCUT2D eigenvalue weighted by molar-refractivity contribution is -0.177. The molecule has 0 spiro atoms. The first-order valence-corrected chi connectivity index (χ1v) is 13.3. The summed E-state index contributed by atoms with van der Waals surface area (Å²) in [6.07, 6.45) is 5.87. The van der Waals surface area contributed by atoms with Crippen LogP contribution in [0.4, 0.5) is 0 Å². The number of carbonyl (C=O) groups excluding carboxylic acids is 3. The number of esters is 3. The number of rotatable bonds is 19. The summed E-state index contributed by atoms with van der Waals surface area (Å²) >= 11 is 0. The second-order valence-electron chi connectivity index (χ2n) is 9.54. The highest BCUT2D eigenvalue weighted by Crippen LogP contribution is 2.27. The van der Waals surface area contributed by atoms with Crippen LogP contribution in [0.15, 0.2) is 0 Å². The first-order chi connectivity index (χ1) is 16.8. The van der Waals surface area contributed by atoms with Crippen molar-refractivity contribution in [1.29, 1.82) is 0 Å². The quantitative estimate of drug-likeness (QED) is 0.161. The summed E-state index contributed by atoms with van der Waals surface area (Å²) in [7, 11) is 3.70. The van der Waals surface area contributed by atoms with E-state index in [1.165, 1.54) is 0 Å². The Hall–Kier alpha value is -1.71. The first kappa shape index (κ1) is 31.3. The molecule has 0 bridgehead atoms. The molecule has 0 amide bonds. The fourth-order valence-electron chi connectivity index (χ4n) is 3.84. The molecule has 1 heterocycles. The van der Waals surface area contributed by atoms with Gasteiger partial charge in [-0.2, -0.15) is 0 Å². The van der Waals surface area contributed by atoms with Crippen molar-refractivity contribution in [2.75, 3.05) is 27.2 Å². The van der Waals surface area contributed by atoms with Gasteiger partial charge < -0.3 is 29.0 Å². The normalized spacial score (nSPS) is 21.8. The maximum Gasteiger partial charge on any atom is 0.307 e. The number of nitrogens with zero attached hydrogens (tertiary/aromatic N) is 1. The summed E-state index contributed by atoms with van der Waals surface area (Å²) in [6.45, 7) is 4.57. The van der Waals surface area contributed by atoms with Crippen molar-refractivity contribution in [2.24, 2.45) is 0 Å². The van der Waals surface area contributed by atoms with Crippen molar-refractivity contribution < 1.29 is 38.4 Å². The average molecular weight is 502 g/mol. The number of carbonyl (C=O) groups is 3. The van der Waals surface area contributed by atoms with Crippen LogP contribution in [0.5, 0.6) is 0 Å². The van der Waals surface area contributed by atoms with Crippen LogP contribution in [0.3, 0.4) is 0 Å². The van der Waals surface area contributed by atoms with E-state index in [9.17, 15) is 19.5 Å². The fourth-order valence-corrected chi connectivity index (χ4v) is 3.84. The Balaban J connectivity index is 2.68. The largest absolute Gasteiger partial charge is 0.463 e. The van der Waals surface area contributed by atoms with Crippen LogP contribution in [0.1, 0.15) is 97.3 Å². The van der Waals surface area contributed by atoms with Gasteiger partial charge in [0.25, 0.3) is 0 Å². The van der Waals surface area contributed by atoms with Crippen molar-refractivity contribution in [2.45, 2.75) is 122 Å². The second-order valence-corrected chi connectivity index (χ2v) is 9.54. The standard InChI is InChI=1S/C26H47NO8/c1-5-7-9-11-13-15-22(29)34-24-20(19-32-21(28)17-18-27(3)4)33-26(31)25(24)35-23(30)16-14-12-10-8-6-2/h20,24-26,31H,5-19H2,1-4H3/t20-,24?,25+,26-/m1/s1. The van der Waals surface area contributed by atoms with E-state index in [2.05, 4.69) is 13.8 Å². The Morgan fingerprint density at radius 3 is 1.77 bits per heavy atom. The van der Waals surface area contributed by atoms with E-state index in [-0.39, 0.29) is 25.9 Å². The number of ether oxygens (including phenoxy) is 4. The minimum atomic E-state index is -1.47. The molecule has 1 N–H and O–H groups in total. The van der Waals surface area contributed by atoms with Gasteiger partial charge in [-0.3, -0.25) is 14.4 Å². The Kier molecular flexibility index (Phi) is 16.6. The van der Waals surface area contributed by atoms with Crippen LogP contribution in [-0.4, -0.2) is 79.8 Å². The van der Waals surface area contributed by atoms with E-state index in [1.54, 1.807) is 0 Å². The SMILES string of the molecule is CCCCCCCC(=O)OC1[C@@H](COC(=O)CCN(C)C)O[C@@H](O)[C@H]1OC(=O)CCCCCCC. The van der Waals surface area contributed by atoms with Gasteiger partial charge in [-0.15, -0.1) is 0 Å². The summed E-state index contributed by atoms with van der Waals surface area (Å²) in [4.78, 5) is 38.8. The highest BCUT2D eigenvalue weighted by Gasteiger charge is 2.49. The zero-order chi connectivity index (χ0) is 26.1. The molecule has 35 heavy (non-hydrogen) atoms. The van der Waals surface area contributed by atoms with Gasteiger partial charge in [0, 0.05) is 19.4 Å². The molecular formula is C26H47NO8. The molecule has 9 nitrogen and oxygen atoms in total. The molecule has 0 aromatic heterocycles. The van der Waals surface area contributed by atoms with Gasteiger partial charge in [-0.1, -0.05) is 65.2 Å². The minimum Gasteiger partial charge on any atom is -0.463 e. The van der Waals surface area contributed by atoms with E-state index in [0.29, 0.717) is 19.4 Å². The minimum absolute atomic E-state index is 0.195. The van der Waals surface area contributed by atoms with Gasteiger partial charge in [-0.05, 0) is 26.9 Å². The molecule has 1 aliphatic rings. The van der Waals surface area contributed by atoms with Gasteiger partial charge in [0.15, 0.2) is 18.5 Å². The van der Waals surface area contributed by atoms with Gasteiger partial charge in [-0.25, -0.2) is 0 Å². The summed E-state index contributed by atoms with van der Waals surface area (Å²) in [5, 5.41) is 10.4. The molecule has 0 radical (unpaired) electrons. The molecule has 1 unspecified atom stereocenters. The Labute approximate surface area is 210 Å². The van der Waals surface area contributed by atoms with Crippen LogP contribution in [0, 0.1) is 0 Å². The number of hydrogen-bond acceptors (Lipinski definition) is 9. The zero-order valence-corrected chi connectivity index (χ0v) is 22.2. The molecule has 204 valence electrons. The highest BCUT2D eigenvalue weighted by atomic mass is 16.7. The smallest absolute Gasteiger partial charge is 0.307 e. The predicted molar refractivity (Wildman–Crippen MR) is 132 cm³/mol. The van der Waals surface area contributed by atoms with Crippen LogP contribution in [0.25, 0.3) is 0 Å². The summed E-state index contributed by atoms with van der Waals surface area (Å²) in [5.41, 5.74) is 0. The fraction of sp³-hybridized carbons (Fsp3) is 0.885. The van der Waals surface area contributed by atoms with Crippen molar-refractivity contribution in [1.82, 2.24) is 4.90 Å². The Morgan fingerprint density at radius 1 is 0.743 bits per heavy atom. The van der Waals surface area contributed by atoms with Crippen LogP contribution in [-0.2, 0) is 33.3 Å². The molecule has 1 aliphatic heterocycles. The van der Waals surface area contributed by atoms with E-state index in [1.807, 2.05) is 19.0 Å². The van der Waals surface area contributed by atoms with Crippen molar-refractivity contribution in [3.8, 4) is 0 Å². The first-order valence-electron chi connectivity index (χ1n) is 13.3. The van der Waals surface area contributed by atoms with Crippen LogP contribution >= 0.6 is 0 Å². The molecule has 0 aromatic carbocycles. The lowest BCUT2D eigenvalue weighted by Crippen LogP contribution is -2.42. The summed E-state index contributed by atoms with van der Waals surface area (Å²) < 4.78 is 21.9. The molecule has 1 saturated heterocycles. The third kappa shape index (κ3) is 13.8. The maximum atomic E-state index is 12.5. The zero-order valence-electron chi connectivity index (χ0n) is 22.2. The van der Waals surface area contributed by atoms with Crippen molar-refractivity contribution in [3.05, 3.63) is 0 Å². The molecule has 1 fully saturated rings. The van der Waals surface area contributed by atoms with E-state index in [4.69, 9.17) is 18.9 Å². The lowest BCUT2D eigenvalue weighted by Gasteiger charge is -2.23. The predicted octanol–water partition coefficient (Wildman–Crippen LogP) is 3.74. The van der Waals surface area contributed by atoms with Gasteiger partial charge >= 0.3 is 17.9 Å².